The van der Waals surface area contributed by atoms with Gasteiger partial charge in [0, 0.05) is 19.2 Å². The maximum Gasteiger partial charge on any atom is 0.244 e. The van der Waals surface area contributed by atoms with Crippen LogP contribution in [0.4, 0.5) is 0 Å². The molecule has 1 N–H and O–H groups in total. The van der Waals surface area contributed by atoms with Crippen molar-refractivity contribution < 1.29 is 13.2 Å². The smallest absolute Gasteiger partial charge is 0.244 e. The minimum atomic E-state index is -3.66. The molecule has 7 nitrogen and oxygen atoms in total. The number of aromatic nitrogens is 3. The van der Waals surface area contributed by atoms with Crippen molar-refractivity contribution in [3.05, 3.63) is 54.0 Å². The molecule has 0 amide bonds. The molecule has 0 fully saturated rings. The zero-order valence-electron chi connectivity index (χ0n) is 13.4. The van der Waals surface area contributed by atoms with Gasteiger partial charge in [-0.2, -0.15) is 0 Å². The number of fused-ring (bicyclic) bond motifs is 1. The SMILES string of the molecule is COc1ccc(C)cc1S(=O)(=O)NCCc1nnc2ccccn12. The number of nitrogens with zero attached hydrogens (tertiary/aromatic N) is 3. The fourth-order valence-corrected chi connectivity index (χ4v) is 3.71. The molecule has 126 valence electrons. The molecule has 0 bridgehead atoms. The summed E-state index contributed by atoms with van der Waals surface area (Å²) in [5, 5.41) is 8.14. The number of hydrogen-bond donors (Lipinski definition) is 1. The van der Waals surface area contributed by atoms with Crippen molar-refractivity contribution in [2.75, 3.05) is 13.7 Å². The number of nitrogens with one attached hydrogen (secondary N) is 1. The molecule has 0 atom stereocenters. The van der Waals surface area contributed by atoms with Crippen molar-refractivity contribution in [2.24, 2.45) is 0 Å². The van der Waals surface area contributed by atoms with E-state index >= 15 is 0 Å². The molecule has 0 aliphatic rings. The van der Waals surface area contributed by atoms with Gasteiger partial charge in [0.1, 0.15) is 16.5 Å². The highest BCUT2D eigenvalue weighted by Gasteiger charge is 2.19. The summed E-state index contributed by atoms with van der Waals surface area (Å²) >= 11 is 0. The molecule has 0 unspecified atom stereocenters. The molecule has 0 aliphatic carbocycles. The molecule has 3 aromatic rings. The number of benzene rings is 1. The Hall–Kier alpha value is -2.45. The first kappa shape index (κ1) is 16.4. The van der Waals surface area contributed by atoms with Crippen LogP contribution in [0, 0.1) is 6.92 Å². The standard InChI is InChI=1S/C16H18N4O3S/c1-12-6-7-13(23-2)14(11-12)24(21,22)17-9-8-16-19-18-15-5-3-4-10-20(15)16/h3-7,10-11,17H,8-9H2,1-2H3. The Bertz CT molecular complexity index is 966. The predicted molar refractivity (Wildman–Crippen MR) is 89.6 cm³/mol. The van der Waals surface area contributed by atoms with E-state index in [9.17, 15) is 8.42 Å². The van der Waals surface area contributed by atoms with Crippen LogP contribution >= 0.6 is 0 Å². The van der Waals surface area contributed by atoms with Crippen LogP contribution in [0.1, 0.15) is 11.4 Å². The van der Waals surface area contributed by atoms with E-state index in [0.717, 1.165) is 11.2 Å². The van der Waals surface area contributed by atoms with Crippen LogP contribution in [0.3, 0.4) is 0 Å². The molecule has 0 radical (unpaired) electrons. The Morgan fingerprint density at radius 2 is 2.04 bits per heavy atom. The van der Waals surface area contributed by atoms with E-state index in [1.807, 2.05) is 35.7 Å². The lowest BCUT2D eigenvalue weighted by Crippen LogP contribution is -2.27. The van der Waals surface area contributed by atoms with Gasteiger partial charge in [-0.15, -0.1) is 10.2 Å². The van der Waals surface area contributed by atoms with Gasteiger partial charge in [-0.1, -0.05) is 12.1 Å². The number of pyridine rings is 1. The molecule has 3 rings (SSSR count). The summed E-state index contributed by atoms with van der Waals surface area (Å²) in [6, 6.07) is 10.6. The third-order valence-corrected chi connectivity index (χ3v) is 5.12. The van der Waals surface area contributed by atoms with E-state index in [-0.39, 0.29) is 11.4 Å². The van der Waals surface area contributed by atoms with Crippen LogP contribution in [0.2, 0.25) is 0 Å². The minimum absolute atomic E-state index is 0.135. The summed E-state index contributed by atoms with van der Waals surface area (Å²) in [4.78, 5) is 0.135. The molecule has 0 saturated carbocycles. The zero-order chi connectivity index (χ0) is 17.2. The summed E-state index contributed by atoms with van der Waals surface area (Å²) in [5.74, 6) is 1.02. The van der Waals surface area contributed by atoms with Gasteiger partial charge in [-0.25, -0.2) is 13.1 Å². The van der Waals surface area contributed by atoms with Crippen LogP contribution in [0.25, 0.3) is 5.65 Å². The summed E-state index contributed by atoms with van der Waals surface area (Å²) < 4.78 is 34.6. The molecular weight excluding hydrogens is 328 g/mol. The number of rotatable bonds is 6. The number of aryl methyl sites for hydroxylation is 1. The summed E-state index contributed by atoms with van der Waals surface area (Å²) in [6.45, 7) is 2.05. The average Bonchev–Trinajstić information content (AvgIpc) is 2.98. The van der Waals surface area contributed by atoms with Gasteiger partial charge in [0.15, 0.2) is 5.65 Å². The first-order valence-electron chi connectivity index (χ1n) is 7.44. The van der Waals surface area contributed by atoms with Crippen molar-refractivity contribution >= 4 is 15.7 Å². The van der Waals surface area contributed by atoms with Gasteiger partial charge in [0.25, 0.3) is 0 Å². The molecule has 2 aromatic heterocycles. The number of sulfonamides is 1. The van der Waals surface area contributed by atoms with Gasteiger partial charge < -0.3 is 4.74 Å². The van der Waals surface area contributed by atoms with Crippen LogP contribution in [-0.2, 0) is 16.4 Å². The number of methoxy groups -OCH3 is 1. The first-order valence-corrected chi connectivity index (χ1v) is 8.92. The van der Waals surface area contributed by atoms with Crippen LogP contribution < -0.4 is 9.46 Å². The van der Waals surface area contributed by atoms with Crippen molar-refractivity contribution in [1.29, 1.82) is 0 Å². The van der Waals surface area contributed by atoms with Gasteiger partial charge >= 0.3 is 0 Å². The van der Waals surface area contributed by atoms with E-state index in [1.165, 1.54) is 7.11 Å². The Balaban J connectivity index is 1.75. The second-order valence-electron chi connectivity index (χ2n) is 5.35. The lowest BCUT2D eigenvalue weighted by Gasteiger charge is -2.11. The van der Waals surface area contributed by atoms with E-state index in [0.29, 0.717) is 18.0 Å². The Labute approximate surface area is 140 Å². The predicted octanol–water partition coefficient (Wildman–Crippen LogP) is 1.57. The molecule has 1 aromatic carbocycles. The van der Waals surface area contributed by atoms with Gasteiger partial charge in [0.2, 0.25) is 10.0 Å². The molecule has 0 aliphatic heterocycles. The highest BCUT2D eigenvalue weighted by Crippen LogP contribution is 2.24. The Morgan fingerprint density at radius 3 is 2.83 bits per heavy atom. The second kappa shape index (κ2) is 6.58. The lowest BCUT2D eigenvalue weighted by atomic mass is 10.2. The Morgan fingerprint density at radius 1 is 1.21 bits per heavy atom. The first-order chi connectivity index (χ1) is 11.5. The van der Waals surface area contributed by atoms with Crippen LogP contribution in [0.15, 0.2) is 47.5 Å². The lowest BCUT2D eigenvalue weighted by molar-refractivity contribution is 0.402. The van der Waals surface area contributed by atoms with Crippen LogP contribution in [-0.4, -0.2) is 36.7 Å². The van der Waals surface area contributed by atoms with Gasteiger partial charge in [0.05, 0.1) is 7.11 Å². The Kier molecular flexibility index (Phi) is 4.50. The molecule has 24 heavy (non-hydrogen) atoms. The maximum absolute atomic E-state index is 12.5. The third-order valence-electron chi connectivity index (χ3n) is 3.63. The van der Waals surface area contributed by atoms with Crippen molar-refractivity contribution in [1.82, 2.24) is 19.3 Å². The largest absolute Gasteiger partial charge is 0.495 e. The van der Waals surface area contributed by atoms with Crippen LogP contribution in [0.5, 0.6) is 5.75 Å². The molecular formula is C16H18N4O3S. The minimum Gasteiger partial charge on any atom is -0.495 e. The maximum atomic E-state index is 12.5. The summed E-state index contributed by atoms with van der Waals surface area (Å²) in [5.41, 5.74) is 1.58. The fourth-order valence-electron chi connectivity index (χ4n) is 2.43. The summed E-state index contributed by atoms with van der Waals surface area (Å²) in [7, 11) is -2.21. The fraction of sp³-hybridized carbons (Fsp3) is 0.250. The number of ether oxygens (including phenoxy) is 1. The third kappa shape index (κ3) is 3.24. The van der Waals surface area contributed by atoms with E-state index in [4.69, 9.17) is 4.74 Å². The van der Waals surface area contributed by atoms with Crippen molar-refractivity contribution in [3.63, 3.8) is 0 Å². The average molecular weight is 346 g/mol. The molecule has 2 heterocycles. The van der Waals surface area contributed by atoms with Gasteiger partial charge in [-0.3, -0.25) is 4.40 Å². The molecule has 0 spiro atoms. The summed E-state index contributed by atoms with van der Waals surface area (Å²) in [6.07, 6.45) is 2.28. The monoisotopic (exact) mass is 346 g/mol. The highest BCUT2D eigenvalue weighted by atomic mass is 32.2. The second-order valence-corrected chi connectivity index (χ2v) is 7.08. The van der Waals surface area contributed by atoms with Crippen molar-refractivity contribution in [3.8, 4) is 5.75 Å². The van der Waals surface area contributed by atoms with E-state index in [1.54, 1.807) is 18.2 Å². The zero-order valence-corrected chi connectivity index (χ0v) is 14.2. The van der Waals surface area contributed by atoms with E-state index in [2.05, 4.69) is 14.9 Å². The van der Waals surface area contributed by atoms with E-state index < -0.39 is 10.0 Å². The quantitative estimate of drug-likeness (QED) is 0.732. The van der Waals surface area contributed by atoms with Crippen molar-refractivity contribution in [2.45, 2.75) is 18.2 Å². The highest BCUT2D eigenvalue weighted by molar-refractivity contribution is 7.89. The topological polar surface area (TPSA) is 85.6 Å². The van der Waals surface area contributed by atoms with Gasteiger partial charge in [-0.05, 0) is 36.8 Å². The number of hydrogen-bond acceptors (Lipinski definition) is 5. The molecule has 8 heteroatoms. The molecule has 0 saturated heterocycles. The normalized spacial score (nSPS) is 11.8.